The summed E-state index contributed by atoms with van der Waals surface area (Å²) in [6.07, 6.45) is 3.28. The summed E-state index contributed by atoms with van der Waals surface area (Å²) in [6.45, 7) is 0. The minimum Gasteiger partial charge on any atom is -0.497 e. The van der Waals surface area contributed by atoms with E-state index in [-0.39, 0.29) is 0 Å². The van der Waals surface area contributed by atoms with Gasteiger partial charge in [0.1, 0.15) is 5.75 Å². The molecule has 0 radical (unpaired) electrons. The first-order valence-electron chi connectivity index (χ1n) is 5.12. The number of rotatable bonds is 6. The Balaban J connectivity index is 2.72. The zero-order valence-electron chi connectivity index (χ0n) is 9.62. The van der Waals surface area contributed by atoms with E-state index in [1.165, 1.54) is 11.3 Å². The van der Waals surface area contributed by atoms with Crippen LogP contribution in [0.5, 0.6) is 5.75 Å². The van der Waals surface area contributed by atoms with Gasteiger partial charge in [-0.3, -0.25) is 0 Å². The van der Waals surface area contributed by atoms with Crippen molar-refractivity contribution < 1.29 is 4.74 Å². The highest BCUT2D eigenvalue weighted by Crippen LogP contribution is 2.22. The summed E-state index contributed by atoms with van der Waals surface area (Å²) >= 11 is 1.88. The molecular weight excluding hydrogens is 206 g/mol. The van der Waals surface area contributed by atoms with Gasteiger partial charge in [0.15, 0.2) is 0 Å². The van der Waals surface area contributed by atoms with Crippen LogP contribution in [0.1, 0.15) is 18.0 Å². The van der Waals surface area contributed by atoms with Crippen LogP contribution in [0, 0.1) is 0 Å². The van der Waals surface area contributed by atoms with E-state index in [1.54, 1.807) is 7.11 Å². The fourth-order valence-corrected chi connectivity index (χ4v) is 2.04. The molecule has 0 amide bonds. The lowest BCUT2D eigenvalue weighted by Crippen LogP contribution is -2.17. The van der Waals surface area contributed by atoms with E-state index in [9.17, 15) is 0 Å². The van der Waals surface area contributed by atoms with Crippen LogP contribution in [0.2, 0.25) is 0 Å². The predicted molar refractivity (Wildman–Crippen MR) is 67.8 cm³/mol. The van der Waals surface area contributed by atoms with E-state index in [4.69, 9.17) is 4.74 Å². The minimum atomic E-state index is 0.424. The van der Waals surface area contributed by atoms with Crippen LogP contribution in [0.3, 0.4) is 0 Å². The molecular formula is C12H19NOS. The van der Waals surface area contributed by atoms with E-state index in [0.717, 1.165) is 12.2 Å². The van der Waals surface area contributed by atoms with Gasteiger partial charge in [-0.05, 0) is 43.2 Å². The van der Waals surface area contributed by atoms with Crippen molar-refractivity contribution in [3.8, 4) is 5.75 Å². The Hall–Kier alpha value is -0.670. The van der Waals surface area contributed by atoms with Crippen molar-refractivity contribution in [3.63, 3.8) is 0 Å². The molecule has 0 saturated heterocycles. The third-order valence-electron chi connectivity index (χ3n) is 2.46. The molecule has 3 heteroatoms. The van der Waals surface area contributed by atoms with Crippen LogP contribution in [-0.2, 0) is 0 Å². The van der Waals surface area contributed by atoms with Crippen LogP contribution in [-0.4, -0.2) is 26.2 Å². The lowest BCUT2D eigenvalue weighted by Gasteiger charge is -2.16. The van der Waals surface area contributed by atoms with E-state index < -0.39 is 0 Å². The monoisotopic (exact) mass is 225 g/mol. The second kappa shape index (κ2) is 6.75. The van der Waals surface area contributed by atoms with E-state index in [2.05, 4.69) is 23.7 Å². The molecule has 0 aliphatic carbocycles. The van der Waals surface area contributed by atoms with Gasteiger partial charge in [0.05, 0.1) is 7.11 Å². The summed E-state index contributed by atoms with van der Waals surface area (Å²) in [5.74, 6) is 2.10. The van der Waals surface area contributed by atoms with Gasteiger partial charge in [0.25, 0.3) is 0 Å². The Kier molecular flexibility index (Phi) is 5.58. The van der Waals surface area contributed by atoms with E-state index >= 15 is 0 Å². The Labute approximate surface area is 96.4 Å². The number of hydrogen-bond acceptors (Lipinski definition) is 3. The highest BCUT2D eigenvalue weighted by Gasteiger charge is 2.08. The molecule has 0 fully saturated rings. The normalized spacial score (nSPS) is 12.5. The van der Waals surface area contributed by atoms with Gasteiger partial charge in [-0.15, -0.1) is 0 Å². The van der Waals surface area contributed by atoms with Crippen LogP contribution < -0.4 is 10.1 Å². The first-order valence-corrected chi connectivity index (χ1v) is 6.51. The SMILES string of the molecule is CNC(CCSC)c1cccc(OC)c1. The third kappa shape index (κ3) is 3.76. The zero-order valence-corrected chi connectivity index (χ0v) is 10.4. The molecule has 0 bridgehead atoms. The minimum absolute atomic E-state index is 0.424. The molecule has 0 spiro atoms. The standard InChI is InChI=1S/C12H19NOS/c1-13-12(7-8-15-3)10-5-4-6-11(9-10)14-2/h4-6,9,12-13H,7-8H2,1-3H3. The molecule has 15 heavy (non-hydrogen) atoms. The van der Waals surface area contributed by atoms with E-state index in [1.807, 2.05) is 30.9 Å². The van der Waals surface area contributed by atoms with Gasteiger partial charge in [-0.25, -0.2) is 0 Å². The Morgan fingerprint density at radius 2 is 2.27 bits per heavy atom. The highest BCUT2D eigenvalue weighted by atomic mass is 32.2. The first-order chi connectivity index (χ1) is 7.31. The quantitative estimate of drug-likeness (QED) is 0.804. The summed E-state index contributed by atoms with van der Waals surface area (Å²) < 4.78 is 5.22. The molecule has 0 aliphatic heterocycles. The van der Waals surface area contributed by atoms with Gasteiger partial charge in [-0.2, -0.15) is 11.8 Å². The average molecular weight is 225 g/mol. The van der Waals surface area contributed by atoms with Crippen molar-refractivity contribution in [1.29, 1.82) is 0 Å². The molecule has 0 saturated carbocycles. The first kappa shape index (κ1) is 12.4. The summed E-state index contributed by atoms with van der Waals surface area (Å²) in [4.78, 5) is 0. The molecule has 1 aromatic carbocycles. The smallest absolute Gasteiger partial charge is 0.119 e. The second-order valence-corrected chi connectivity index (χ2v) is 4.38. The summed E-state index contributed by atoms with van der Waals surface area (Å²) in [5, 5.41) is 3.34. The van der Waals surface area contributed by atoms with Crippen molar-refractivity contribution in [3.05, 3.63) is 29.8 Å². The molecule has 1 atom stereocenters. The number of ether oxygens (including phenoxy) is 1. The molecule has 1 rings (SSSR count). The molecule has 1 aromatic rings. The predicted octanol–water partition coefficient (Wildman–Crippen LogP) is 2.71. The molecule has 1 unspecified atom stereocenters. The summed E-state index contributed by atoms with van der Waals surface area (Å²) in [7, 11) is 3.71. The van der Waals surface area contributed by atoms with Crippen molar-refractivity contribution in [1.82, 2.24) is 5.32 Å². The largest absolute Gasteiger partial charge is 0.497 e. The third-order valence-corrected chi connectivity index (χ3v) is 3.10. The Morgan fingerprint density at radius 1 is 1.47 bits per heavy atom. The number of methoxy groups -OCH3 is 1. The lowest BCUT2D eigenvalue weighted by molar-refractivity contribution is 0.413. The average Bonchev–Trinajstić information content (AvgIpc) is 2.30. The molecule has 1 N–H and O–H groups in total. The van der Waals surface area contributed by atoms with Crippen LogP contribution in [0.4, 0.5) is 0 Å². The molecule has 2 nitrogen and oxygen atoms in total. The van der Waals surface area contributed by atoms with Crippen molar-refractivity contribution in [2.24, 2.45) is 0 Å². The molecule has 0 heterocycles. The molecule has 0 aromatic heterocycles. The highest BCUT2D eigenvalue weighted by molar-refractivity contribution is 7.98. The van der Waals surface area contributed by atoms with Gasteiger partial charge in [0.2, 0.25) is 0 Å². The number of thioether (sulfide) groups is 1. The molecule has 0 aliphatic rings. The van der Waals surface area contributed by atoms with Crippen LogP contribution in [0.25, 0.3) is 0 Å². The Bertz CT molecular complexity index is 291. The van der Waals surface area contributed by atoms with Crippen molar-refractivity contribution in [2.45, 2.75) is 12.5 Å². The summed E-state index contributed by atoms with van der Waals surface area (Å²) in [6, 6.07) is 8.68. The topological polar surface area (TPSA) is 21.3 Å². The fourth-order valence-electron chi connectivity index (χ4n) is 1.57. The van der Waals surface area contributed by atoms with Gasteiger partial charge in [-0.1, -0.05) is 12.1 Å². The number of nitrogens with one attached hydrogen (secondary N) is 1. The second-order valence-electron chi connectivity index (χ2n) is 3.40. The maximum Gasteiger partial charge on any atom is 0.119 e. The van der Waals surface area contributed by atoms with Gasteiger partial charge < -0.3 is 10.1 Å². The van der Waals surface area contributed by atoms with Crippen molar-refractivity contribution in [2.75, 3.05) is 26.2 Å². The van der Waals surface area contributed by atoms with E-state index in [0.29, 0.717) is 6.04 Å². The number of benzene rings is 1. The van der Waals surface area contributed by atoms with Gasteiger partial charge in [0, 0.05) is 6.04 Å². The maximum absolute atomic E-state index is 5.22. The Morgan fingerprint density at radius 3 is 2.87 bits per heavy atom. The zero-order chi connectivity index (χ0) is 11.1. The number of hydrogen-bond donors (Lipinski definition) is 1. The molecule has 84 valence electrons. The van der Waals surface area contributed by atoms with Crippen LogP contribution >= 0.6 is 11.8 Å². The lowest BCUT2D eigenvalue weighted by atomic mass is 10.0. The summed E-state index contributed by atoms with van der Waals surface area (Å²) in [5.41, 5.74) is 1.30. The maximum atomic E-state index is 5.22. The fraction of sp³-hybridized carbons (Fsp3) is 0.500. The van der Waals surface area contributed by atoms with Crippen LogP contribution in [0.15, 0.2) is 24.3 Å². The van der Waals surface area contributed by atoms with Crippen molar-refractivity contribution >= 4 is 11.8 Å². The van der Waals surface area contributed by atoms with Gasteiger partial charge >= 0.3 is 0 Å².